The van der Waals surface area contributed by atoms with Crippen LogP contribution in [-0.4, -0.2) is 25.1 Å². The van der Waals surface area contributed by atoms with Gasteiger partial charge in [0.15, 0.2) is 0 Å². The Bertz CT molecular complexity index is 440. The summed E-state index contributed by atoms with van der Waals surface area (Å²) in [6, 6.07) is 6.99. The molecule has 1 amide bonds. The van der Waals surface area contributed by atoms with Gasteiger partial charge in [-0.1, -0.05) is 12.1 Å². The number of nitrogens with one attached hydrogen (secondary N) is 1. The average Bonchev–Trinajstić information content (AvgIpc) is 2.33. The van der Waals surface area contributed by atoms with E-state index in [0.29, 0.717) is 0 Å². The predicted molar refractivity (Wildman–Crippen MR) is 59.4 cm³/mol. The third kappa shape index (κ3) is 2.22. The molecule has 2 atom stereocenters. The molecule has 0 aliphatic carbocycles. The van der Waals surface area contributed by atoms with Gasteiger partial charge < -0.3 is 14.8 Å². The second-order valence-electron chi connectivity index (χ2n) is 3.79. The molecular weight excluding hydrogens is 222 g/mol. The highest BCUT2D eigenvalue weighted by atomic mass is 16.6. The number of rotatable bonds is 3. The summed E-state index contributed by atoms with van der Waals surface area (Å²) in [6.07, 6.45) is -0.721. The Morgan fingerprint density at radius 2 is 1.94 bits per heavy atom. The topological polar surface area (TPSA) is 64.6 Å². The molecule has 1 fully saturated rings. The zero-order valence-electron chi connectivity index (χ0n) is 9.60. The monoisotopic (exact) mass is 235 g/mol. The van der Waals surface area contributed by atoms with Crippen LogP contribution in [0.15, 0.2) is 24.3 Å². The zero-order valence-corrected chi connectivity index (χ0v) is 9.60. The van der Waals surface area contributed by atoms with Gasteiger partial charge in [-0.25, -0.2) is 0 Å². The molecule has 0 bridgehead atoms. The first-order valence-corrected chi connectivity index (χ1v) is 5.23. The lowest BCUT2D eigenvalue weighted by Gasteiger charge is -2.35. The van der Waals surface area contributed by atoms with Crippen LogP contribution >= 0.6 is 0 Å². The van der Waals surface area contributed by atoms with Gasteiger partial charge in [-0.05, 0) is 17.7 Å². The van der Waals surface area contributed by atoms with Crippen LogP contribution in [0.4, 0.5) is 0 Å². The van der Waals surface area contributed by atoms with Crippen LogP contribution < -0.4 is 10.1 Å². The summed E-state index contributed by atoms with van der Waals surface area (Å²) in [5.41, 5.74) is 0.886. The first kappa shape index (κ1) is 11.4. The first-order chi connectivity index (χ1) is 8.11. The highest BCUT2D eigenvalue weighted by Gasteiger charge is 2.42. The van der Waals surface area contributed by atoms with Gasteiger partial charge in [-0.3, -0.25) is 9.59 Å². The molecule has 1 saturated heterocycles. The van der Waals surface area contributed by atoms with Crippen molar-refractivity contribution in [3.05, 3.63) is 29.8 Å². The second kappa shape index (κ2) is 4.45. The summed E-state index contributed by atoms with van der Waals surface area (Å²) >= 11 is 0. The van der Waals surface area contributed by atoms with E-state index in [2.05, 4.69) is 5.32 Å². The fourth-order valence-corrected chi connectivity index (χ4v) is 1.74. The lowest BCUT2D eigenvalue weighted by atomic mass is 9.94. The van der Waals surface area contributed by atoms with E-state index in [1.54, 1.807) is 19.2 Å². The molecule has 5 heteroatoms. The second-order valence-corrected chi connectivity index (χ2v) is 3.79. The lowest BCUT2D eigenvalue weighted by Crippen LogP contribution is -2.57. The minimum atomic E-state index is -0.721. The molecule has 2 rings (SSSR count). The maximum Gasteiger partial charge on any atom is 0.303 e. The Morgan fingerprint density at radius 1 is 1.29 bits per heavy atom. The SMILES string of the molecule is COc1ccc([C@@H]2NC(=O)[C@@H]2OC(C)=O)cc1. The Kier molecular flexibility index (Phi) is 2.99. The van der Waals surface area contributed by atoms with Crippen LogP contribution in [0.3, 0.4) is 0 Å². The molecule has 5 nitrogen and oxygen atoms in total. The van der Waals surface area contributed by atoms with Gasteiger partial charge in [-0.2, -0.15) is 0 Å². The molecule has 17 heavy (non-hydrogen) atoms. The Labute approximate surface area is 98.7 Å². The van der Waals surface area contributed by atoms with Crippen molar-refractivity contribution in [2.75, 3.05) is 7.11 Å². The molecule has 1 aliphatic rings. The summed E-state index contributed by atoms with van der Waals surface area (Å²) in [6.45, 7) is 1.29. The van der Waals surface area contributed by atoms with Crippen molar-refractivity contribution in [3.63, 3.8) is 0 Å². The van der Waals surface area contributed by atoms with Crippen molar-refractivity contribution in [3.8, 4) is 5.75 Å². The third-order valence-electron chi connectivity index (χ3n) is 2.63. The molecule has 1 aromatic rings. The van der Waals surface area contributed by atoms with Crippen LogP contribution in [0.2, 0.25) is 0 Å². The number of β-lactam (4-membered cyclic amide) rings is 1. The fourth-order valence-electron chi connectivity index (χ4n) is 1.74. The molecule has 0 aromatic heterocycles. The van der Waals surface area contributed by atoms with Crippen LogP contribution in [0.1, 0.15) is 18.5 Å². The highest BCUT2D eigenvalue weighted by Crippen LogP contribution is 2.28. The van der Waals surface area contributed by atoms with Gasteiger partial charge in [0.1, 0.15) is 11.8 Å². The predicted octanol–water partition coefficient (Wildman–Crippen LogP) is 0.798. The van der Waals surface area contributed by atoms with Gasteiger partial charge in [0.2, 0.25) is 6.10 Å². The maximum absolute atomic E-state index is 11.3. The molecule has 90 valence electrons. The van der Waals surface area contributed by atoms with Crippen LogP contribution in [-0.2, 0) is 14.3 Å². The normalized spacial score (nSPS) is 22.4. The third-order valence-corrected chi connectivity index (χ3v) is 2.63. The van der Waals surface area contributed by atoms with E-state index in [0.717, 1.165) is 11.3 Å². The minimum absolute atomic E-state index is 0.263. The standard InChI is InChI=1S/C12H13NO4/c1-7(14)17-11-10(13-12(11)15)8-3-5-9(16-2)6-4-8/h3-6,10-11H,1-2H3,(H,13,15)/t10-,11+/m0/s1. The largest absolute Gasteiger partial charge is 0.497 e. The number of hydrogen-bond donors (Lipinski definition) is 1. The molecule has 1 aromatic carbocycles. The molecule has 0 spiro atoms. The van der Waals surface area contributed by atoms with E-state index in [1.807, 2.05) is 12.1 Å². The van der Waals surface area contributed by atoms with Crippen molar-refractivity contribution in [1.82, 2.24) is 5.32 Å². The van der Waals surface area contributed by atoms with Gasteiger partial charge in [-0.15, -0.1) is 0 Å². The molecule has 0 radical (unpaired) electrons. The van der Waals surface area contributed by atoms with Crippen LogP contribution in [0.5, 0.6) is 5.75 Å². The number of benzene rings is 1. The van der Waals surface area contributed by atoms with E-state index in [9.17, 15) is 9.59 Å². The lowest BCUT2D eigenvalue weighted by molar-refractivity contribution is -0.164. The molecule has 0 unspecified atom stereocenters. The number of methoxy groups -OCH3 is 1. The number of carbonyl (C=O) groups is 2. The number of hydrogen-bond acceptors (Lipinski definition) is 4. The summed E-state index contributed by atoms with van der Waals surface area (Å²) in [4.78, 5) is 22.1. The van der Waals surface area contributed by atoms with E-state index < -0.39 is 12.1 Å². The van der Waals surface area contributed by atoms with Gasteiger partial charge in [0.25, 0.3) is 5.91 Å². The average molecular weight is 235 g/mol. The van der Waals surface area contributed by atoms with E-state index >= 15 is 0 Å². The van der Waals surface area contributed by atoms with Crippen molar-refractivity contribution < 1.29 is 19.1 Å². The number of carbonyl (C=O) groups excluding carboxylic acids is 2. The van der Waals surface area contributed by atoms with Crippen LogP contribution in [0.25, 0.3) is 0 Å². The fraction of sp³-hybridized carbons (Fsp3) is 0.333. The molecule has 1 N–H and O–H groups in total. The Morgan fingerprint density at radius 3 is 2.41 bits per heavy atom. The van der Waals surface area contributed by atoms with E-state index in [1.165, 1.54) is 6.92 Å². The molecule has 1 heterocycles. The van der Waals surface area contributed by atoms with Gasteiger partial charge >= 0.3 is 5.97 Å². The maximum atomic E-state index is 11.3. The van der Waals surface area contributed by atoms with Crippen molar-refractivity contribution in [1.29, 1.82) is 0 Å². The zero-order chi connectivity index (χ0) is 12.4. The Hall–Kier alpha value is -2.04. The minimum Gasteiger partial charge on any atom is -0.497 e. The quantitative estimate of drug-likeness (QED) is 0.621. The summed E-state index contributed by atoms with van der Waals surface area (Å²) < 4.78 is 9.98. The number of esters is 1. The van der Waals surface area contributed by atoms with Gasteiger partial charge in [0.05, 0.1) is 7.11 Å². The van der Waals surface area contributed by atoms with Crippen molar-refractivity contribution in [2.45, 2.75) is 19.1 Å². The van der Waals surface area contributed by atoms with Crippen molar-refractivity contribution in [2.24, 2.45) is 0 Å². The van der Waals surface area contributed by atoms with Crippen molar-refractivity contribution >= 4 is 11.9 Å². The summed E-state index contributed by atoms with van der Waals surface area (Å²) in [7, 11) is 1.59. The molecule has 0 saturated carbocycles. The Balaban J connectivity index is 2.11. The first-order valence-electron chi connectivity index (χ1n) is 5.23. The van der Waals surface area contributed by atoms with E-state index in [4.69, 9.17) is 9.47 Å². The molecule has 1 aliphatic heterocycles. The highest BCUT2D eigenvalue weighted by molar-refractivity contribution is 5.90. The van der Waals surface area contributed by atoms with Crippen LogP contribution in [0, 0.1) is 0 Å². The van der Waals surface area contributed by atoms with E-state index in [-0.39, 0.29) is 11.9 Å². The summed E-state index contributed by atoms with van der Waals surface area (Å²) in [5.74, 6) is 0.0211. The molecular formula is C12H13NO4. The summed E-state index contributed by atoms with van der Waals surface area (Å²) in [5, 5.41) is 2.69. The van der Waals surface area contributed by atoms with Gasteiger partial charge in [0, 0.05) is 6.92 Å². The smallest absolute Gasteiger partial charge is 0.303 e. The number of amides is 1. The number of ether oxygens (including phenoxy) is 2.